The second-order valence-electron chi connectivity index (χ2n) is 2.31. The van der Waals surface area contributed by atoms with E-state index in [4.69, 9.17) is 20.4 Å². The molecule has 0 aliphatic carbocycles. The molecule has 0 fully saturated rings. The van der Waals surface area contributed by atoms with Crippen molar-refractivity contribution in [2.75, 3.05) is 6.61 Å². The van der Waals surface area contributed by atoms with E-state index in [9.17, 15) is 9.59 Å². The Morgan fingerprint density at radius 3 is 1.24 bits per heavy atom. The molecule has 8 nitrogen and oxygen atoms in total. The number of aliphatic carboxylic acids is 1. The van der Waals surface area contributed by atoms with Crippen LogP contribution in [0.25, 0.3) is 0 Å². The molecule has 0 saturated carbocycles. The van der Waals surface area contributed by atoms with E-state index >= 15 is 0 Å². The van der Waals surface area contributed by atoms with E-state index in [1.807, 2.05) is 0 Å². The van der Waals surface area contributed by atoms with Crippen molar-refractivity contribution in [2.24, 2.45) is 0 Å². The molecule has 0 bridgehead atoms. The molecule has 0 amide bonds. The maximum atomic E-state index is 10.0. The number of aliphatic hydroxyl groups is 3. The van der Waals surface area contributed by atoms with E-state index in [0.717, 1.165) is 0 Å². The summed E-state index contributed by atoms with van der Waals surface area (Å²) in [6, 6.07) is 0. The Morgan fingerprint density at radius 2 is 1.24 bits per heavy atom. The van der Waals surface area contributed by atoms with Gasteiger partial charge < -0.3 is 31.4 Å². The van der Waals surface area contributed by atoms with Crippen LogP contribution in [-0.4, -0.2) is 61.9 Å². The molecule has 10 heteroatoms. The summed E-state index contributed by atoms with van der Waals surface area (Å²) in [6.45, 7) is 1.94. The molecular formula is C7H18O8Zn2. The van der Waals surface area contributed by atoms with Crippen molar-refractivity contribution in [3.63, 3.8) is 0 Å². The first-order valence-corrected chi connectivity index (χ1v) is 3.55. The average Bonchev–Trinajstić information content (AvgIpc) is 2.03. The summed E-state index contributed by atoms with van der Waals surface area (Å²) in [5, 5.41) is 32.1. The van der Waals surface area contributed by atoms with Gasteiger partial charge in [-0.25, -0.2) is 4.79 Å². The second kappa shape index (κ2) is 21.5. The van der Waals surface area contributed by atoms with Gasteiger partial charge in [0.05, 0.1) is 0 Å². The van der Waals surface area contributed by atoms with Gasteiger partial charge in [-0.1, -0.05) is 0 Å². The minimum atomic E-state index is -1.23. The molecule has 17 heavy (non-hydrogen) atoms. The van der Waals surface area contributed by atoms with Gasteiger partial charge in [0.1, 0.15) is 18.8 Å². The number of ketones is 1. The first-order chi connectivity index (χ1) is 5.82. The van der Waals surface area contributed by atoms with Gasteiger partial charge in [0.2, 0.25) is 0 Å². The van der Waals surface area contributed by atoms with Crippen LogP contribution in [0, 0.1) is 0 Å². The van der Waals surface area contributed by atoms with Crippen LogP contribution in [0.4, 0.5) is 0 Å². The van der Waals surface area contributed by atoms with E-state index in [-0.39, 0.29) is 49.9 Å². The van der Waals surface area contributed by atoms with Gasteiger partial charge in [-0.3, -0.25) is 4.79 Å². The summed E-state index contributed by atoms with van der Waals surface area (Å²) < 4.78 is 0. The summed E-state index contributed by atoms with van der Waals surface area (Å²) in [4.78, 5) is 19.5. The summed E-state index contributed by atoms with van der Waals surface area (Å²) in [5.74, 6) is -1.73. The summed E-state index contributed by atoms with van der Waals surface area (Å²) in [7, 11) is 0. The van der Waals surface area contributed by atoms with Gasteiger partial charge in [-0.05, 0) is 13.8 Å². The van der Waals surface area contributed by atoms with E-state index in [1.54, 1.807) is 0 Å². The van der Waals surface area contributed by atoms with Crippen LogP contribution in [0.15, 0.2) is 0 Å². The number of hydrogen-bond donors (Lipinski definition) is 4. The largest absolute Gasteiger partial charge is 0.479 e. The van der Waals surface area contributed by atoms with E-state index in [0.29, 0.717) is 0 Å². The normalized spacial score (nSPS) is 10.4. The molecule has 0 aromatic rings. The second-order valence-corrected chi connectivity index (χ2v) is 2.31. The third-order valence-electron chi connectivity index (χ3n) is 0.979. The van der Waals surface area contributed by atoms with Crippen molar-refractivity contribution < 1.29 is 79.9 Å². The minimum absolute atomic E-state index is 0. The number of aliphatic hydroxyl groups excluding tert-OH is 3. The molecule has 2 atom stereocenters. The number of hydrogen-bond acceptors (Lipinski definition) is 5. The Morgan fingerprint density at radius 1 is 1.00 bits per heavy atom. The number of carbonyl (C=O) groups excluding carboxylic acids is 1. The van der Waals surface area contributed by atoms with Crippen LogP contribution in [0.3, 0.4) is 0 Å². The molecule has 0 heterocycles. The number of rotatable bonds is 3. The molecule has 0 radical (unpaired) electrons. The Balaban J connectivity index is -0.0000000290. The van der Waals surface area contributed by atoms with E-state index in [1.165, 1.54) is 13.8 Å². The third kappa shape index (κ3) is 31.4. The predicted octanol–water partition coefficient (Wildman–Crippen LogP) is -3.27. The fourth-order valence-corrected chi connectivity index (χ4v) is 0.132. The van der Waals surface area contributed by atoms with Crippen LogP contribution in [0.2, 0.25) is 0 Å². The van der Waals surface area contributed by atoms with Crippen molar-refractivity contribution in [3.8, 4) is 0 Å². The number of carboxylic acids is 1. The predicted molar refractivity (Wildman–Crippen MR) is 50.3 cm³/mol. The fourth-order valence-electron chi connectivity index (χ4n) is 0.132. The molecule has 0 aromatic heterocycles. The number of Topliss-reactive ketones (excluding diaryl/α,β-unsaturated/α-hetero) is 1. The molecule has 0 spiro atoms. The molecule has 0 aliphatic rings. The van der Waals surface area contributed by atoms with Crippen LogP contribution in [0.1, 0.15) is 13.8 Å². The summed E-state index contributed by atoms with van der Waals surface area (Å²) >= 11 is 0. The standard InChI is InChI=1S/C4H8O3.C3H6O3.2H2O.2Zn/c1-3(6)4(7)2-5;1-2(4)3(5)6;;;;/h3,5-6H,2H2,1H3;2,4H,1H3,(H,5,6);2*1H2;;. The Hall–Kier alpha value is 0.187. The van der Waals surface area contributed by atoms with Crippen molar-refractivity contribution in [2.45, 2.75) is 26.1 Å². The fraction of sp³-hybridized carbons (Fsp3) is 0.714. The molecule has 8 N–H and O–H groups in total. The van der Waals surface area contributed by atoms with Crippen LogP contribution in [-0.2, 0) is 48.5 Å². The smallest absolute Gasteiger partial charge is 0.332 e. The Labute approximate surface area is 124 Å². The van der Waals surface area contributed by atoms with Gasteiger partial charge >= 0.3 is 5.97 Å². The third-order valence-corrected chi connectivity index (χ3v) is 0.979. The monoisotopic (exact) mass is 358 g/mol. The van der Waals surface area contributed by atoms with Gasteiger partial charge in [0.15, 0.2) is 5.78 Å². The van der Waals surface area contributed by atoms with Crippen molar-refractivity contribution in [3.05, 3.63) is 0 Å². The summed E-state index contributed by atoms with van der Waals surface area (Å²) in [5.41, 5.74) is 0. The minimum Gasteiger partial charge on any atom is -0.479 e. The average molecular weight is 361 g/mol. The number of carboxylic acid groups (broad SMARTS) is 1. The number of carbonyl (C=O) groups is 2. The molecular weight excluding hydrogens is 343 g/mol. The zero-order chi connectivity index (χ0) is 11.0. The van der Waals surface area contributed by atoms with Crippen molar-refractivity contribution >= 4 is 11.8 Å². The van der Waals surface area contributed by atoms with Crippen molar-refractivity contribution in [1.29, 1.82) is 0 Å². The first-order valence-electron chi connectivity index (χ1n) is 3.55. The maximum Gasteiger partial charge on any atom is 0.332 e. The van der Waals surface area contributed by atoms with Crippen LogP contribution in [0.5, 0.6) is 0 Å². The van der Waals surface area contributed by atoms with Gasteiger partial charge in [-0.2, -0.15) is 0 Å². The Kier molecular flexibility index (Phi) is 45.4. The maximum absolute atomic E-state index is 10.0. The topological polar surface area (TPSA) is 178 Å². The first kappa shape index (κ1) is 36.0. The molecule has 0 rings (SSSR count). The molecule has 0 aromatic carbocycles. The van der Waals surface area contributed by atoms with Gasteiger partial charge in [0.25, 0.3) is 0 Å². The molecule has 0 saturated heterocycles. The van der Waals surface area contributed by atoms with Gasteiger partial charge in [-0.15, -0.1) is 0 Å². The molecule has 2 unspecified atom stereocenters. The zero-order valence-electron chi connectivity index (χ0n) is 9.88. The SMILES string of the molecule is CC(O)C(=O)CO.CC(O)C(=O)O.O.O.[Zn].[Zn]. The quantitative estimate of drug-likeness (QED) is 0.383. The Bertz CT molecular complexity index is 173. The zero-order valence-corrected chi connectivity index (χ0v) is 15.8. The van der Waals surface area contributed by atoms with Crippen molar-refractivity contribution in [1.82, 2.24) is 0 Å². The van der Waals surface area contributed by atoms with E-state index < -0.39 is 30.6 Å². The van der Waals surface area contributed by atoms with Crippen LogP contribution < -0.4 is 0 Å². The molecule has 0 aliphatic heterocycles. The summed E-state index contributed by atoms with van der Waals surface area (Å²) in [6.07, 6.45) is -2.25. The van der Waals surface area contributed by atoms with Crippen LogP contribution >= 0.6 is 0 Å². The molecule has 98 valence electrons. The van der Waals surface area contributed by atoms with Gasteiger partial charge in [0, 0.05) is 39.0 Å². The van der Waals surface area contributed by atoms with E-state index in [2.05, 4.69) is 0 Å².